The van der Waals surface area contributed by atoms with Gasteiger partial charge in [0.1, 0.15) is 23.9 Å². The zero-order chi connectivity index (χ0) is 23.0. The summed E-state index contributed by atoms with van der Waals surface area (Å²) in [5.41, 5.74) is 0.502. The van der Waals surface area contributed by atoms with Gasteiger partial charge < -0.3 is 20.1 Å². The normalized spacial score (nSPS) is 24.5. The Labute approximate surface area is 185 Å². The topological polar surface area (TPSA) is 103 Å². The average Bonchev–Trinajstić information content (AvgIpc) is 3.52. The fourth-order valence-corrected chi connectivity index (χ4v) is 4.01. The van der Waals surface area contributed by atoms with E-state index in [0.29, 0.717) is 18.0 Å². The Morgan fingerprint density at radius 1 is 1.06 bits per heavy atom. The Morgan fingerprint density at radius 2 is 1.91 bits per heavy atom. The van der Waals surface area contributed by atoms with Crippen molar-refractivity contribution in [3.05, 3.63) is 60.4 Å². The fourth-order valence-electron chi connectivity index (χ4n) is 4.01. The molecule has 0 aliphatic carbocycles. The van der Waals surface area contributed by atoms with Crippen LogP contribution in [-0.4, -0.2) is 57.5 Å². The molecule has 0 spiro atoms. The maximum atomic E-state index is 12.9. The first-order valence-corrected chi connectivity index (χ1v) is 10.2. The second kappa shape index (κ2) is 8.45. The van der Waals surface area contributed by atoms with Gasteiger partial charge in [-0.05, 0) is 30.3 Å². The van der Waals surface area contributed by atoms with Crippen molar-refractivity contribution in [1.29, 1.82) is 0 Å². The van der Waals surface area contributed by atoms with Gasteiger partial charge in [0.15, 0.2) is 0 Å². The predicted octanol–water partition coefficient (Wildman–Crippen LogP) is 2.89. The number of carbonyl (C=O) groups is 1. The lowest BCUT2D eigenvalue weighted by molar-refractivity contribution is -0.137. The summed E-state index contributed by atoms with van der Waals surface area (Å²) in [4.78, 5) is 16.6. The highest BCUT2D eigenvalue weighted by Gasteiger charge is 2.49. The van der Waals surface area contributed by atoms with Gasteiger partial charge in [0.2, 0.25) is 0 Å². The molecule has 4 unspecified atom stereocenters. The van der Waals surface area contributed by atoms with Crippen LogP contribution in [-0.2, 0) is 15.7 Å². The predicted molar refractivity (Wildman–Crippen MR) is 109 cm³/mol. The minimum atomic E-state index is -4.49. The van der Waals surface area contributed by atoms with Gasteiger partial charge >= 0.3 is 12.2 Å². The summed E-state index contributed by atoms with van der Waals surface area (Å²) in [6.45, 7) is 0.511. The van der Waals surface area contributed by atoms with E-state index in [0.717, 1.165) is 12.1 Å². The van der Waals surface area contributed by atoms with Crippen molar-refractivity contribution < 1.29 is 27.4 Å². The van der Waals surface area contributed by atoms with Gasteiger partial charge in [-0.1, -0.05) is 17.3 Å². The third-order valence-electron chi connectivity index (χ3n) is 5.57. The zero-order valence-corrected chi connectivity index (χ0v) is 17.1. The van der Waals surface area contributed by atoms with Crippen LogP contribution in [0.3, 0.4) is 0 Å². The van der Waals surface area contributed by atoms with E-state index in [-0.39, 0.29) is 24.4 Å². The third kappa shape index (κ3) is 4.39. The molecule has 0 saturated carbocycles. The number of amides is 2. The number of pyridine rings is 1. The SMILES string of the molecule is O=C(Nc1cccc(C(F)(F)F)c1)NC1COC2C1OCC2n1cc(-c2ccccn2)nn1. The number of aromatic nitrogens is 4. The highest BCUT2D eigenvalue weighted by atomic mass is 19.4. The van der Waals surface area contributed by atoms with Crippen LogP contribution in [0, 0.1) is 0 Å². The van der Waals surface area contributed by atoms with Crippen molar-refractivity contribution in [2.45, 2.75) is 30.5 Å². The highest BCUT2D eigenvalue weighted by Crippen LogP contribution is 2.34. The number of fused-ring (bicyclic) bond motifs is 1. The molecule has 2 saturated heterocycles. The molecule has 12 heteroatoms. The first-order chi connectivity index (χ1) is 15.9. The van der Waals surface area contributed by atoms with Crippen LogP contribution in [0.15, 0.2) is 54.9 Å². The molecule has 0 bridgehead atoms. The number of ether oxygens (including phenoxy) is 2. The van der Waals surface area contributed by atoms with E-state index in [1.807, 2.05) is 18.2 Å². The summed E-state index contributed by atoms with van der Waals surface area (Å²) in [7, 11) is 0. The molecule has 1 aromatic carbocycles. The molecule has 2 fully saturated rings. The maximum absolute atomic E-state index is 12.9. The van der Waals surface area contributed by atoms with E-state index in [4.69, 9.17) is 9.47 Å². The van der Waals surface area contributed by atoms with Gasteiger partial charge in [-0.2, -0.15) is 13.2 Å². The van der Waals surface area contributed by atoms with Crippen LogP contribution in [0.1, 0.15) is 11.6 Å². The lowest BCUT2D eigenvalue weighted by Gasteiger charge is -2.18. The molecule has 2 amide bonds. The average molecular weight is 460 g/mol. The number of hydrogen-bond donors (Lipinski definition) is 2. The van der Waals surface area contributed by atoms with Crippen LogP contribution >= 0.6 is 0 Å². The number of carbonyl (C=O) groups excluding carboxylic acids is 1. The summed E-state index contributed by atoms with van der Waals surface area (Å²) in [5, 5.41) is 13.5. The van der Waals surface area contributed by atoms with Crippen LogP contribution < -0.4 is 10.6 Å². The van der Waals surface area contributed by atoms with Crippen molar-refractivity contribution in [3.63, 3.8) is 0 Å². The molecule has 2 aromatic heterocycles. The minimum absolute atomic E-state index is 0.0349. The standard InChI is InChI=1S/C21H19F3N6O3/c22-21(23,24)12-4-3-5-13(8-12)26-20(31)27-16-10-32-19-17(11-33-18(16)19)30-9-15(28-29-30)14-6-1-2-7-25-14/h1-9,16-19H,10-11H2,(H2,26,27,31). The molecule has 0 radical (unpaired) electrons. The van der Waals surface area contributed by atoms with E-state index < -0.39 is 29.9 Å². The molecule has 5 rings (SSSR count). The molecule has 33 heavy (non-hydrogen) atoms. The van der Waals surface area contributed by atoms with Gasteiger partial charge in [0.25, 0.3) is 0 Å². The molecule has 4 heterocycles. The number of urea groups is 1. The molecule has 172 valence electrons. The first-order valence-electron chi connectivity index (χ1n) is 10.2. The van der Waals surface area contributed by atoms with Crippen LogP contribution in [0.5, 0.6) is 0 Å². The lowest BCUT2D eigenvalue weighted by Crippen LogP contribution is -2.45. The summed E-state index contributed by atoms with van der Waals surface area (Å²) < 4.78 is 52.0. The van der Waals surface area contributed by atoms with Crippen molar-refractivity contribution in [1.82, 2.24) is 25.3 Å². The number of nitrogens with one attached hydrogen (secondary N) is 2. The smallest absolute Gasteiger partial charge is 0.371 e. The van der Waals surface area contributed by atoms with E-state index in [2.05, 4.69) is 25.9 Å². The number of rotatable bonds is 4. The number of halogens is 3. The largest absolute Gasteiger partial charge is 0.416 e. The Balaban J connectivity index is 1.21. The van der Waals surface area contributed by atoms with Crippen molar-refractivity contribution in [2.24, 2.45) is 0 Å². The molecule has 4 atom stereocenters. The fraction of sp³-hybridized carbons (Fsp3) is 0.333. The van der Waals surface area contributed by atoms with Gasteiger partial charge in [0, 0.05) is 11.9 Å². The van der Waals surface area contributed by atoms with E-state index >= 15 is 0 Å². The number of hydrogen-bond acceptors (Lipinski definition) is 6. The Morgan fingerprint density at radius 3 is 2.70 bits per heavy atom. The number of alkyl halides is 3. The highest BCUT2D eigenvalue weighted by molar-refractivity contribution is 5.89. The Hall–Kier alpha value is -3.51. The Bertz CT molecular complexity index is 1140. The summed E-state index contributed by atoms with van der Waals surface area (Å²) in [6.07, 6.45) is -1.84. The molecule has 2 aliphatic heterocycles. The zero-order valence-electron chi connectivity index (χ0n) is 17.1. The van der Waals surface area contributed by atoms with Crippen LogP contribution in [0.25, 0.3) is 11.4 Å². The summed E-state index contributed by atoms with van der Waals surface area (Å²) >= 11 is 0. The molecule has 3 aromatic rings. The lowest BCUT2D eigenvalue weighted by atomic mass is 10.1. The van der Waals surface area contributed by atoms with Crippen LogP contribution in [0.2, 0.25) is 0 Å². The summed E-state index contributed by atoms with van der Waals surface area (Å²) in [6, 6.07) is 8.58. The molecular weight excluding hydrogens is 441 g/mol. The van der Waals surface area contributed by atoms with Gasteiger partial charge in [0.05, 0.1) is 36.7 Å². The molecule has 2 N–H and O–H groups in total. The van der Waals surface area contributed by atoms with Crippen molar-refractivity contribution in [3.8, 4) is 11.4 Å². The minimum Gasteiger partial charge on any atom is -0.371 e. The number of nitrogens with zero attached hydrogens (tertiary/aromatic N) is 4. The van der Waals surface area contributed by atoms with E-state index in [1.165, 1.54) is 12.1 Å². The van der Waals surface area contributed by atoms with Crippen molar-refractivity contribution in [2.75, 3.05) is 18.5 Å². The monoisotopic (exact) mass is 460 g/mol. The van der Waals surface area contributed by atoms with Gasteiger partial charge in [-0.3, -0.25) is 4.98 Å². The van der Waals surface area contributed by atoms with Crippen molar-refractivity contribution >= 4 is 11.7 Å². The number of anilines is 1. The molecular formula is C21H19F3N6O3. The number of benzene rings is 1. The van der Waals surface area contributed by atoms with E-state index in [9.17, 15) is 18.0 Å². The quantitative estimate of drug-likeness (QED) is 0.621. The molecule has 2 aliphatic rings. The summed E-state index contributed by atoms with van der Waals surface area (Å²) in [5.74, 6) is 0. The first kappa shape index (κ1) is 21.3. The maximum Gasteiger partial charge on any atom is 0.416 e. The van der Waals surface area contributed by atoms with E-state index in [1.54, 1.807) is 17.1 Å². The molecule has 9 nitrogen and oxygen atoms in total. The Kier molecular flexibility index (Phi) is 5.46. The second-order valence-electron chi connectivity index (χ2n) is 7.75. The van der Waals surface area contributed by atoms with Gasteiger partial charge in [-0.15, -0.1) is 5.10 Å². The second-order valence-corrected chi connectivity index (χ2v) is 7.75. The van der Waals surface area contributed by atoms with Crippen LogP contribution in [0.4, 0.5) is 23.7 Å². The van der Waals surface area contributed by atoms with Gasteiger partial charge in [-0.25, -0.2) is 9.48 Å². The third-order valence-corrected chi connectivity index (χ3v) is 5.57.